The molecule has 96 valence electrons. The highest BCUT2D eigenvalue weighted by Gasteiger charge is 2.20. The van der Waals surface area contributed by atoms with Gasteiger partial charge in [-0.2, -0.15) is 0 Å². The van der Waals surface area contributed by atoms with Crippen molar-refractivity contribution in [3.63, 3.8) is 0 Å². The minimum atomic E-state index is -0.405. The highest BCUT2D eigenvalue weighted by atomic mass is 16.7. The Balaban J connectivity index is 1.88. The van der Waals surface area contributed by atoms with Crippen LogP contribution in [0.5, 0.6) is 11.5 Å². The maximum atomic E-state index is 12.2. The number of rotatable bonds is 2. The van der Waals surface area contributed by atoms with Crippen molar-refractivity contribution in [2.24, 2.45) is 0 Å². The van der Waals surface area contributed by atoms with E-state index in [-0.39, 0.29) is 6.79 Å². The molecule has 4 nitrogen and oxygen atoms in total. The molecule has 0 N–H and O–H groups in total. The molecule has 1 aliphatic rings. The molecule has 2 aromatic carbocycles. The SMILES string of the molecule is O=C(Oc1ccccc1)c1cccc2c1COCO2. The van der Waals surface area contributed by atoms with E-state index in [0.717, 1.165) is 5.56 Å². The van der Waals surface area contributed by atoms with Gasteiger partial charge in [0, 0.05) is 5.56 Å². The van der Waals surface area contributed by atoms with Crippen molar-refractivity contribution in [2.75, 3.05) is 6.79 Å². The molecule has 0 saturated carbocycles. The lowest BCUT2D eigenvalue weighted by Crippen LogP contribution is -2.17. The van der Waals surface area contributed by atoms with Crippen LogP contribution in [0.25, 0.3) is 0 Å². The molecule has 4 heteroatoms. The molecule has 0 amide bonds. The topological polar surface area (TPSA) is 44.8 Å². The van der Waals surface area contributed by atoms with Crippen molar-refractivity contribution in [1.29, 1.82) is 0 Å². The van der Waals surface area contributed by atoms with Gasteiger partial charge in [0.15, 0.2) is 6.79 Å². The fourth-order valence-corrected chi connectivity index (χ4v) is 1.94. The Labute approximate surface area is 110 Å². The van der Waals surface area contributed by atoms with Crippen LogP contribution in [-0.2, 0) is 11.3 Å². The van der Waals surface area contributed by atoms with Gasteiger partial charge in [-0.05, 0) is 24.3 Å². The number of hydrogen-bond donors (Lipinski definition) is 0. The minimum absolute atomic E-state index is 0.212. The van der Waals surface area contributed by atoms with Crippen molar-refractivity contribution in [2.45, 2.75) is 6.61 Å². The van der Waals surface area contributed by atoms with E-state index in [4.69, 9.17) is 14.2 Å². The Hall–Kier alpha value is -2.33. The van der Waals surface area contributed by atoms with Gasteiger partial charge in [-0.15, -0.1) is 0 Å². The summed E-state index contributed by atoms with van der Waals surface area (Å²) in [7, 11) is 0. The molecule has 1 heterocycles. The molecule has 19 heavy (non-hydrogen) atoms. The molecule has 0 atom stereocenters. The molecule has 0 spiro atoms. The van der Waals surface area contributed by atoms with Crippen LogP contribution in [0, 0.1) is 0 Å². The molecule has 0 fully saturated rings. The van der Waals surface area contributed by atoms with Gasteiger partial charge in [-0.1, -0.05) is 24.3 Å². The minimum Gasteiger partial charge on any atom is -0.467 e. The van der Waals surface area contributed by atoms with E-state index in [1.54, 1.807) is 24.3 Å². The van der Waals surface area contributed by atoms with E-state index in [2.05, 4.69) is 0 Å². The van der Waals surface area contributed by atoms with Crippen molar-refractivity contribution in [3.8, 4) is 11.5 Å². The number of benzene rings is 2. The van der Waals surface area contributed by atoms with Crippen LogP contribution >= 0.6 is 0 Å². The summed E-state index contributed by atoms with van der Waals surface area (Å²) in [5, 5.41) is 0. The zero-order valence-corrected chi connectivity index (χ0v) is 10.2. The fourth-order valence-electron chi connectivity index (χ4n) is 1.94. The lowest BCUT2D eigenvalue weighted by atomic mass is 10.1. The van der Waals surface area contributed by atoms with Crippen LogP contribution in [0.2, 0.25) is 0 Å². The van der Waals surface area contributed by atoms with Gasteiger partial charge in [-0.3, -0.25) is 0 Å². The third-order valence-electron chi connectivity index (χ3n) is 2.85. The smallest absolute Gasteiger partial charge is 0.344 e. The first-order valence-electron chi connectivity index (χ1n) is 5.94. The van der Waals surface area contributed by atoms with Crippen molar-refractivity contribution in [1.82, 2.24) is 0 Å². The summed E-state index contributed by atoms with van der Waals surface area (Å²) in [5.74, 6) is 0.786. The number of carbonyl (C=O) groups is 1. The molecule has 0 unspecified atom stereocenters. The Morgan fingerprint density at radius 1 is 1.05 bits per heavy atom. The summed E-state index contributed by atoms with van der Waals surface area (Å²) >= 11 is 0. The zero-order chi connectivity index (χ0) is 13.1. The number of para-hydroxylation sites is 1. The lowest BCUT2D eigenvalue weighted by molar-refractivity contribution is -0.0169. The second-order valence-corrected chi connectivity index (χ2v) is 4.10. The fraction of sp³-hybridized carbons (Fsp3) is 0.133. The molecule has 3 rings (SSSR count). The third kappa shape index (κ3) is 2.44. The van der Waals surface area contributed by atoms with Gasteiger partial charge in [0.25, 0.3) is 0 Å². The lowest BCUT2D eigenvalue weighted by Gasteiger charge is -2.19. The van der Waals surface area contributed by atoms with E-state index in [1.165, 1.54) is 0 Å². The predicted octanol–water partition coefficient (Wildman–Crippen LogP) is 2.77. The summed E-state index contributed by atoms with van der Waals surface area (Å²) in [6.07, 6.45) is 0. The summed E-state index contributed by atoms with van der Waals surface area (Å²) in [6, 6.07) is 14.3. The average molecular weight is 256 g/mol. The Morgan fingerprint density at radius 3 is 2.74 bits per heavy atom. The highest BCUT2D eigenvalue weighted by molar-refractivity contribution is 5.93. The van der Waals surface area contributed by atoms with Gasteiger partial charge >= 0.3 is 5.97 Å². The van der Waals surface area contributed by atoms with E-state index >= 15 is 0 Å². The maximum absolute atomic E-state index is 12.2. The number of ether oxygens (including phenoxy) is 3. The summed E-state index contributed by atoms with van der Waals surface area (Å²) in [5.41, 5.74) is 1.20. The number of carbonyl (C=O) groups excluding carboxylic acids is 1. The summed E-state index contributed by atoms with van der Waals surface area (Å²) < 4.78 is 15.9. The average Bonchev–Trinajstić information content (AvgIpc) is 2.47. The molecule has 0 radical (unpaired) electrons. The second kappa shape index (κ2) is 5.12. The van der Waals surface area contributed by atoms with Crippen LogP contribution in [-0.4, -0.2) is 12.8 Å². The largest absolute Gasteiger partial charge is 0.467 e. The predicted molar refractivity (Wildman–Crippen MR) is 68.1 cm³/mol. The molecule has 2 aromatic rings. The maximum Gasteiger partial charge on any atom is 0.344 e. The Kier molecular flexibility index (Phi) is 3.16. The molecule has 1 aliphatic heterocycles. The summed E-state index contributed by atoms with van der Waals surface area (Å²) in [6.45, 7) is 0.569. The van der Waals surface area contributed by atoms with E-state index < -0.39 is 5.97 Å². The van der Waals surface area contributed by atoms with Gasteiger partial charge < -0.3 is 14.2 Å². The normalized spacial score (nSPS) is 13.3. The first-order valence-corrected chi connectivity index (χ1v) is 5.94. The number of hydrogen-bond acceptors (Lipinski definition) is 4. The van der Waals surface area contributed by atoms with E-state index in [9.17, 15) is 4.79 Å². The molecular weight excluding hydrogens is 244 g/mol. The number of esters is 1. The first-order chi connectivity index (χ1) is 9.34. The molecule has 0 saturated heterocycles. The van der Waals surface area contributed by atoms with Crippen molar-refractivity contribution < 1.29 is 19.0 Å². The molecular formula is C15H12O4. The van der Waals surface area contributed by atoms with Gasteiger partial charge in [0.1, 0.15) is 11.5 Å². The van der Waals surface area contributed by atoms with Gasteiger partial charge in [0.05, 0.1) is 12.2 Å². The third-order valence-corrected chi connectivity index (χ3v) is 2.85. The Morgan fingerprint density at radius 2 is 1.89 bits per heavy atom. The van der Waals surface area contributed by atoms with Crippen LogP contribution in [0.3, 0.4) is 0 Å². The van der Waals surface area contributed by atoms with E-state index in [1.807, 2.05) is 24.3 Å². The molecule has 0 aliphatic carbocycles. The van der Waals surface area contributed by atoms with Crippen molar-refractivity contribution >= 4 is 5.97 Å². The van der Waals surface area contributed by atoms with Gasteiger partial charge in [-0.25, -0.2) is 4.79 Å². The quantitative estimate of drug-likeness (QED) is 0.612. The monoisotopic (exact) mass is 256 g/mol. The second-order valence-electron chi connectivity index (χ2n) is 4.10. The number of fused-ring (bicyclic) bond motifs is 1. The molecule has 0 bridgehead atoms. The zero-order valence-electron chi connectivity index (χ0n) is 10.2. The van der Waals surface area contributed by atoms with Crippen LogP contribution in [0.4, 0.5) is 0 Å². The first kappa shape index (κ1) is 11.7. The Bertz CT molecular complexity index is 592. The van der Waals surface area contributed by atoms with Crippen LogP contribution < -0.4 is 9.47 Å². The van der Waals surface area contributed by atoms with Crippen LogP contribution in [0.1, 0.15) is 15.9 Å². The van der Waals surface area contributed by atoms with Crippen molar-refractivity contribution in [3.05, 3.63) is 59.7 Å². The highest BCUT2D eigenvalue weighted by Crippen LogP contribution is 2.27. The standard InChI is InChI=1S/C15H12O4/c16-15(19-11-5-2-1-3-6-11)12-7-4-8-14-13(12)9-17-10-18-14/h1-8H,9-10H2. The van der Waals surface area contributed by atoms with Gasteiger partial charge in [0.2, 0.25) is 0 Å². The molecule has 0 aromatic heterocycles. The summed E-state index contributed by atoms with van der Waals surface area (Å²) in [4.78, 5) is 12.2. The van der Waals surface area contributed by atoms with E-state index in [0.29, 0.717) is 23.7 Å². The van der Waals surface area contributed by atoms with Crippen LogP contribution in [0.15, 0.2) is 48.5 Å².